The van der Waals surface area contributed by atoms with E-state index in [1.54, 1.807) is 0 Å². The molecule has 5 heteroatoms. The number of hydrogen-bond donors (Lipinski definition) is 2. The Morgan fingerprint density at radius 1 is 0.933 bits per heavy atom. The topological polar surface area (TPSA) is 73.9 Å². The average molecular weight is 221 g/mol. The molecule has 0 aliphatic rings. The van der Waals surface area contributed by atoms with Gasteiger partial charge in [-0.25, -0.2) is 0 Å². The number of nitrogens with two attached hydrogens (primary N) is 1. The van der Waals surface area contributed by atoms with Gasteiger partial charge in [0.2, 0.25) is 0 Å². The minimum Gasteiger partial charge on any atom is -0.394 e. The summed E-state index contributed by atoms with van der Waals surface area (Å²) >= 11 is 0. The fourth-order valence-electron chi connectivity index (χ4n) is 0.840. The molecule has 5 nitrogen and oxygen atoms in total. The maximum absolute atomic E-state index is 8.42. The highest BCUT2D eigenvalue weighted by atomic mass is 16.5. The fourth-order valence-corrected chi connectivity index (χ4v) is 0.840. The maximum atomic E-state index is 8.42. The Morgan fingerprint density at radius 2 is 1.40 bits per heavy atom. The Bertz CT molecular complexity index is 136. The van der Waals surface area contributed by atoms with Gasteiger partial charge in [-0.1, -0.05) is 0 Å². The van der Waals surface area contributed by atoms with Crippen molar-refractivity contribution in [3.8, 4) is 0 Å². The highest BCUT2D eigenvalue weighted by molar-refractivity contribution is 4.69. The van der Waals surface area contributed by atoms with E-state index in [1.807, 2.05) is 13.8 Å². The van der Waals surface area contributed by atoms with Crippen LogP contribution in [0.5, 0.6) is 0 Å². The van der Waals surface area contributed by atoms with Crippen LogP contribution >= 0.6 is 0 Å². The van der Waals surface area contributed by atoms with Crippen molar-refractivity contribution >= 4 is 0 Å². The fraction of sp³-hybridized carbons (Fsp3) is 1.00. The molecule has 0 saturated carbocycles. The smallest absolute Gasteiger partial charge is 0.0701 e. The molecule has 0 unspecified atom stereocenters. The number of hydrogen-bond acceptors (Lipinski definition) is 5. The number of aliphatic hydroxyl groups excluding tert-OH is 1. The highest BCUT2D eigenvalue weighted by Gasteiger charge is 2.09. The average Bonchev–Trinajstić information content (AvgIpc) is 2.14. The first kappa shape index (κ1) is 14.8. The van der Waals surface area contributed by atoms with Crippen LogP contribution in [0.2, 0.25) is 0 Å². The van der Waals surface area contributed by atoms with Gasteiger partial charge >= 0.3 is 0 Å². The summed E-state index contributed by atoms with van der Waals surface area (Å²) in [6, 6.07) is 0. The summed E-state index contributed by atoms with van der Waals surface area (Å²) in [6.45, 7) is 6.87. The lowest BCUT2D eigenvalue weighted by atomic mass is 10.1. The second kappa shape index (κ2) is 9.06. The molecule has 0 saturated heterocycles. The van der Waals surface area contributed by atoms with Crippen LogP contribution in [-0.4, -0.2) is 56.9 Å². The van der Waals surface area contributed by atoms with Crippen molar-refractivity contribution in [2.45, 2.75) is 19.4 Å². The number of aliphatic hydroxyl groups is 1. The highest BCUT2D eigenvalue weighted by Crippen LogP contribution is 1.96. The third kappa shape index (κ3) is 13.8. The summed E-state index contributed by atoms with van der Waals surface area (Å²) in [5.74, 6) is 0. The summed E-state index contributed by atoms with van der Waals surface area (Å²) in [7, 11) is 0. The summed E-state index contributed by atoms with van der Waals surface area (Å²) in [4.78, 5) is 0. The summed E-state index contributed by atoms with van der Waals surface area (Å²) in [5, 5.41) is 8.42. The molecule has 0 fully saturated rings. The van der Waals surface area contributed by atoms with Crippen LogP contribution in [0.25, 0.3) is 0 Å². The van der Waals surface area contributed by atoms with Gasteiger partial charge in [0.15, 0.2) is 0 Å². The van der Waals surface area contributed by atoms with Crippen molar-refractivity contribution in [2.24, 2.45) is 5.73 Å². The predicted octanol–water partition coefficient (Wildman–Crippen LogP) is -0.234. The van der Waals surface area contributed by atoms with Crippen LogP contribution in [0, 0.1) is 0 Å². The SMILES string of the molecule is CC(C)(N)COCCOCCOCCO. The first-order valence-corrected chi connectivity index (χ1v) is 5.19. The van der Waals surface area contributed by atoms with Crippen LogP contribution in [-0.2, 0) is 14.2 Å². The predicted molar refractivity (Wildman–Crippen MR) is 57.8 cm³/mol. The molecule has 92 valence electrons. The molecule has 3 N–H and O–H groups in total. The third-order valence-corrected chi connectivity index (χ3v) is 1.45. The zero-order chi connectivity index (χ0) is 11.6. The summed E-state index contributed by atoms with van der Waals surface area (Å²) in [6.07, 6.45) is 0. The lowest BCUT2D eigenvalue weighted by molar-refractivity contribution is 0.00152. The van der Waals surface area contributed by atoms with Crippen LogP contribution < -0.4 is 5.73 Å². The molecule has 0 atom stereocenters. The Labute approximate surface area is 91.5 Å². The molecule has 0 aromatic heterocycles. The van der Waals surface area contributed by atoms with Gasteiger partial charge in [0.05, 0.1) is 46.2 Å². The monoisotopic (exact) mass is 221 g/mol. The van der Waals surface area contributed by atoms with Crippen molar-refractivity contribution < 1.29 is 19.3 Å². The summed E-state index contributed by atoms with van der Waals surface area (Å²) in [5.41, 5.74) is 5.43. The van der Waals surface area contributed by atoms with E-state index in [2.05, 4.69) is 0 Å². The van der Waals surface area contributed by atoms with E-state index in [1.165, 1.54) is 0 Å². The number of rotatable bonds is 10. The molecule has 0 aromatic rings. The molecule has 0 rings (SSSR count). The maximum Gasteiger partial charge on any atom is 0.0701 e. The van der Waals surface area contributed by atoms with Gasteiger partial charge in [-0.2, -0.15) is 0 Å². The Balaban J connectivity index is 2.99. The van der Waals surface area contributed by atoms with E-state index in [0.717, 1.165) is 0 Å². The molecule has 0 heterocycles. The molecule has 0 aliphatic carbocycles. The first-order valence-electron chi connectivity index (χ1n) is 5.19. The van der Waals surface area contributed by atoms with Gasteiger partial charge in [-0.3, -0.25) is 0 Å². The van der Waals surface area contributed by atoms with Crippen molar-refractivity contribution in [3.63, 3.8) is 0 Å². The van der Waals surface area contributed by atoms with Gasteiger partial charge in [0.1, 0.15) is 0 Å². The Hall–Kier alpha value is -0.200. The molecule has 0 radical (unpaired) electrons. The molecule has 0 aliphatic heterocycles. The van der Waals surface area contributed by atoms with Gasteiger partial charge in [-0.15, -0.1) is 0 Å². The van der Waals surface area contributed by atoms with E-state index in [9.17, 15) is 0 Å². The molecule has 15 heavy (non-hydrogen) atoms. The van der Waals surface area contributed by atoms with Crippen LogP contribution in [0.15, 0.2) is 0 Å². The lowest BCUT2D eigenvalue weighted by Crippen LogP contribution is -2.37. The van der Waals surface area contributed by atoms with E-state index >= 15 is 0 Å². The van der Waals surface area contributed by atoms with E-state index in [0.29, 0.717) is 39.6 Å². The zero-order valence-corrected chi connectivity index (χ0v) is 9.70. The van der Waals surface area contributed by atoms with Gasteiger partial charge in [0.25, 0.3) is 0 Å². The van der Waals surface area contributed by atoms with Gasteiger partial charge in [0, 0.05) is 5.54 Å². The summed E-state index contributed by atoms with van der Waals surface area (Å²) < 4.78 is 15.5. The minimum absolute atomic E-state index is 0.0503. The first-order chi connectivity index (χ1) is 7.06. The minimum atomic E-state index is -0.287. The standard InChI is InChI=1S/C10H23NO4/c1-10(2,11)9-15-8-7-14-6-5-13-4-3-12/h12H,3-9,11H2,1-2H3. The van der Waals surface area contributed by atoms with E-state index < -0.39 is 0 Å². The lowest BCUT2D eigenvalue weighted by Gasteiger charge is -2.18. The van der Waals surface area contributed by atoms with E-state index in [4.69, 9.17) is 25.1 Å². The molecule has 0 amide bonds. The molecular formula is C10H23NO4. The normalized spacial score (nSPS) is 12.0. The van der Waals surface area contributed by atoms with Gasteiger partial charge < -0.3 is 25.1 Å². The second-order valence-corrected chi connectivity index (χ2v) is 3.99. The quantitative estimate of drug-likeness (QED) is 0.498. The van der Waals surface area contributed by atoms with Crippen LogP contribution in [0.1, 0.15) is 13.8 Å². The molecule has 0 aromatic carbocycles. The van der Waals surface area contributed by atoms with E-state index in [-0.39, 0.29) is 12.1 Å². The van der Waals surface area contributed by atoms with Crippen molar-refractivity contribution in [3.05, 3.63) is 0 Å². The largest absolute Gasteiger partial charge is 0.394 e. The Kier molecular flexibility index (Phi) is 8.94. The molecule has 0 bridgehead atoms. The zero-order valence-electron chi connectivity index (χ0n) is 9.70. The molecular weight excluding hydrogens is 198 g/mol. The van der Waals surface area contributed by atoms with Crippen molar-refractivity contribution in [1.29, 1.82) is 0 Å². The van der Waals surface area contributed by atoms with Gasteiger partial charge in [-0.05, 0) is 13.8 Å². The van der Waals surface area contributed by atoms with Crippen LogP contribution in [0.4, 0.5) is 0 Å². The van der Waals surface area contributed by atoms with Crippen molar-refractivity contribution in [2.75, 3.05) is 46.2 Å². The van der Waals surface area contributed by atoms with Crippen molar-refractivity contribution in [1.82, 2.24) is 0 Å². The Morgan fingerprint density at radius 3 is 1.87 bits per heavy atom. The molecule has 0 spiro atoms. The van der Waals surface area contributed by atoms with Crippen LogP contribution in [0.3, 0.4) is 0 Å². The number of ether oxygens (including phenoxy) is 3. The second-order valence-electron chi connectivity index (χ2n) is 3.99. The third-order valence-electron chi connectivity index (χ3n) is 1.45.